The van der Waals surface area contributed by atoms with E-state index >= 15 is 0 Å². The molecule has 1 aromatic carbocycles. The van der Waals surface area contributed by atoms with E-state index in [2.05, 4.69) is 16.8 Å². The Morgan fingerprint density at radius 3 is 2.58 bits per heavy atom. The van der Waals surface area contributed by atoms with Gasteiger partial charge in [0.15, 0.2) is 0 Å². The number of thiophene rings is 1. The van der Waals surface area contributed by atoms with Gasteiger partial charge >= 0.3 is 0 Å². The van der Waals surface area contributed by atoms with Crippen molar-refractivity contribution in [1.82, 2.24) is 10.2 Å². The van der Waals surface area contributed by atoms with Crippen LogP contribution in [0, 0.1) is 0 Å². The molecule has 124 valence electrons. The molecule has 0 aliphatic heterocycles. The predicted octanol–water partition coefficient (Wildman–Crippen LogP) is 3.31. The minimum absolute atomic E-state index is 0.0408. The van der Waals surface area contributed by atoms with Crippen LogP contribution >= 0.6 is 11.3 Å². The van der Waals surface area contributed by atoms with Crippen molar-refractivity contribution in [2.24, 2.45) is 0 Å². The normalized spacial score (nSPS) is 13.9. The van der Waals surface area contributed by atoms with E-state index in [1.54, 1.807) is 42.7 Å². The molecule has 1 aliphatic rings. The van der Waals surface area contributed by atoms with Gasteiger partial charge in [0.05, 0.1) is 0 Å². The number of carbonyl (C=O) groups excluding carboxylic acids is 2. The molecule has 1 saturated carbocycles. The number of hydrogen-bond donors (Lipinski definition) is 1. The van der Waals surface area contributed by atoms with Crippen LogP contribution in [0.1, 0.15) is 34.3 Å². The third kappa shape index (κ3) is 4.11. The van der Waals surface area contributed by atoms with Crippen molar-refractivity contribution in [3.8, 4) is 0 Å². The summed E-state index contributed by atoms with van der Waals surface area (Å²) in [5, 5.41) is 6.71. The summed E-state index contributed by atoms with van der Waals surface area (Å²) >= 11 is 1.65. The van der Waals surface area contributed by atoms with E-state index < -0.39 is 0 Å². The summed E-state index contributed by atoms with van der Waals surface area (Å²) in [6, 6.07) is 9.63. The lowest BCUT2D eigenvalue weighted by molar-refractivity contribution is -0.127. The molecule has 5 heteroatoms. The number of hydrogen-bond acceptors (Lipinski definition) is 3. The maximum atomic E-state index is 12.5. The van der Waals surface area contributed by atoms with Gasteiger partial charge in [-0.3, -0.25) is 9.59 Å². The van der Waals surface area contributed by atoms with E-state index in [1.165, 1.54) is 5.56 Å². The molecule has 1 heterocycles. The molecular formula is C19H20N2O2S. The highest BCUT2D eigenvalue weighted by atomic mass is 32.1. The van der Waals surface area contributed by atoms with Crippen LogP contribution < -0.4 is 5.32 Å². The molecule has 0 radical (unpaired) electrons. The molecule has 1 N–H and O–H groups in total. The number of benzene rings is 1. The maximum absolute atomic E-state index is 12.5. The Bertz CT molecular complexity index is 731. The average Bonchev–Trinajstić information content (AvgIpc) is 3.33. The topological polar surface area (TPSA) is 49.4 Å². The first-order valence-corrected chi connectivity index (χ1v) is 8.93. The molecule has 2 aromatic rings. The monoisotopic (exact) mass is 340 g/mol. The standard InChI is InChI=1S/C19H20N2O2S/c1-20-19(23)16-5-2-14(3-6-16)4-9-18(22)21(17-7-8-17)12-15-10-11-24-13-15/h2-6,9-11,13,17H,7-8,12H2,1H3,(H,20,23). The molecule has 3 rings (SSSR count). The number of carbonyl (C=O) groups is 2. The van der Waals surface area contributed by atoms with Gasteiger partial charge in [-0.05, 0) is 59.0 Å². The summed E-state index contributed by atoms with van der Waals surface area (Å²) in [4.78, 5) is 26.0. The third-order valence-corrected chi connectivity index (χ3v) is 4.75. The van der Waals surface area contributed by atoms with Crippen LogP contribution in [0.5, 0.6) is 0 Å². The molecule has 0 saturated heterocycles. The van der Waals surface area contributed by atoms with Crippen LogP contribution in [-0.4, -0.2) is 29.8 Å². The minimum atomic E-state index is -0.114. The molecule has 24 heavy (non-hydrogen) atoms. The van der Waals surface area contributed by atoms with Crippen LogP contribution in [0.2, 0.25) is 0 Å². The van der Waals surface area contributed by atoms with Crippen LogP contribution in [0.15, 0.2) is 47.2 Å². The van der Waals surface area contributed by atoms with Crippen molar-refractivity contribution in [3.63, 3.8) is 0 Å². The van der Waals surface area contributed by atoms with Gasteiger partial charge in [-0.1, -0.05) is 12.1 Å². The highest BCUT2D eigenvalue weighted by Crippen LogP contribution is 2.29. The molecule has 0 atom stereocenters. The lowest BCUT2D eigenvalue weighted by atomic mass is 10.1. The van der Waals surface area contributed by atoms with Crippen molar-refractivity contribution in [1.29, 1.82) is 0 Å². The zero-order valence-corrected chi connectivity index (χ0v) is 14.4. The van der Waals surface area contributed by atoms with Crippen LogP contribution in [0.3, 0.4) is 0 Å². The second-order valence-electron chi connectivity index (χ2n) is 5.86. The number of rotatable bonds is 6. The Morgan fingerprint density at radius 2 is 2.00 bits per heavy atom. The minimum Gasteiger partial charge on any atom is -0.355 e. The van der Waals surface area contributed by atoms with E-state index in [9.17, 15) is 9.59 Å². The Kier molecular flexibility index (Phi) is 5.11. The van der Waals surface area contributed by atoms with Crippen LogP contribution in [0.4, 0.5) is 0 Å². The zero-order valence-electron chi connectivity index (χ0n) is 13.6. The predicted molar refractivity (Wildman–Crippen MR) is 96.8 cm³/mol. The first kappa shape index (κ1) is 16.5. The van der Waals surface area contributed by atoms with E-state index in [0.29, 0.717) is 18.2 Å². The van der Waals surface area contributed by atoms with E-state index in [-0.39, 0.29) is 11.8 Å². The van der Waals surface area contributed by atoms with Gasteiger partial charge in [0.1, 0.15) is 0 Å². The van der Waals surface area contributed by atoms with Crippen molar-refractivity contribution < 1.29 is 9.59 Å². The van der Waals surface area contributed by atoms with E-state index in [0.717, 1.165) is 18.4 Å². The molecule has 1 fully saturated rings. The summed E-state index contributed by atoms with van der Waals surface area (Å²) in [5.41, 5.74) is 2.70. The fourth-order valence-corrected chi connectivity index (χ4v) is 3.17. The zero-order chi connectivity index (χ0) is 16.9. The summed E-state index contributed by atoms with van der Waals surface area (Å²) < 4.78 is 0. The Balaban J connectivity index is 1.65. The summed E-state index contributed by atoms with van der Waals surface area (Å²) in [6.45, 7) is 0.674. The summed E-state index contributed by atoms with van der Waals surface area (Å²) in [5.74, 6) is -0.0728. The van der Waals surface area contributed by atoms with E-state index in [1.807, 2.05) is 22.4 Å². The third-order valence-electron chi connectivity index (χ3n) is 4.02. The summed E-state index contributed by atoms with van der Waals surface area (Å²) in [6.07, 6.45) is 5.60. The van der Waals surface area contributed by atoms with Crippen LogP contribution in [0.25, 0.3) is 6.08 Å². The molecule has 0 unspecified atom stereocenters. The second kappa shape index (κ2) is 7.45. The largest absolute Gasteiger partial charge is 0.355 e. The van der Waals surface area contributed by atoms with Crippen molar-refractivity contribution in [3.05, 3.63) is 63.9 Å². The summed E-state index contributed by atoms with van der Waals surface area (Å²) in [7, 11) is 1.61. The second-order valence-corrected chi connectivity index (χ2v) is 6.64. The molecule has 0 spiro atoms. The Hall–Kier alpha value is -2.40. The average molecular weight is 340 g/mol. The number of amides is 2. The van der Waals surface area contributed by atoms with Gasteiger partial charge in [0.2, 0.25) is 5.91 Å². The lowest BCUT2D eigenvalue weighted by Crippen LogP contribution is -2.30. The molecule has 4 nitrogen and oxygen atoms in total. The SMILES string of the molecule is CNC(=O)c1ccc(C=CC(=O)N(Cc2ccsc2)C2CC2)cc1. The number of nitrogens with zero attached hydrogens (tertiary/aromatic N) is 1. The van der Waals surface area contributed by atoms with Gasteiger partial charge in [-0.15, -0.1) is 0 Å². The van der Waals surface area contributed by atoms with Crippen molar-refractivity contribution >= 4 is 29.2 Å². The Labute approximate surface area is 145 Å². The molecule has 1 aliphatic carbocycles. The van der Waals surface area contributed by atoms with Gasteiger partial charge in [-0.25, -0.2) is 0 Å². The van der Waals surface area contributed by atoms with Gasteiger partial charge in [0, 0.05) is 31.3 Å². The van der Waals surface area contributed by atoms with Gasteiger partial charge < -0.3 is 10.2 Å². The van der Waals surface area contributed by atoms with Gasteiger partial charge in [0.25, 0.3) is 5.91 Å². The van der Waals surface area contributed by atoms with Crippen molar-refractivity contribution in [2.75, 3.05) is 7.05 Å². The fraction of sp³-hybridized carbons (Fsp3) is 0.263. The van der Waals surface area contributed by atoms with Gasteiger partial charge in [-0.2, -0.15) is 11.3 Å². The fourth-order valence-electron chi connectivity index (χ4n) is 2.51. The highest BCUT2D eigenvalue weighted by molar-refractivity contribution is 7.07. The molecule has 2 amide bonds. The molecular weight excluding hydrogens is 320 g/mol. The first-order chi connectivity index (χ1) is 11.7. The molecule has 1 aromatic heterocycles. The highest BCUT2D eigenvalue weighted by Gasteiger charge is 2.31. The number of nitrogens with one attached hydrogen (secondary N) is 1. The van der Waals surface area contributed by atoms with Crippen molar-refractivity contribution in [2.45, 2.75) is 25.4 Å². The maximum Gasteiger partial charge on any atom is 0.251 e. The Morgan fingerprint density at radius 1 is 1.25 bits per heavy atom. The smallest absolute Gasteiger partial charge is 0.251 e. The molecule has 0 bridgehead atoms. The van der Waals surface area contributed by atoms with Crippen LogP contribution in [-0.2, 0) is 11.3 Å². The van der Waals surface area contributed by atoms with E-state index in [4.69, 9.17) is 0 Å². The first-order valence-electron chi connectivity index (χ1n) is 7.99. The quantitative estimate of drug-likeness (QED) is 0.820. The lowest BCUT2D eigenvalue weighted by Gasteiger charge is -2.20.